The normalized spacial score (nSPS) is 33.9. The van der Waals surface area contributed by atoms with E-state index >= 15 is 0 Å². The zero-order chi connectivity index (χ0) is 10.8. The van der Waals surface area contributed by atoms with Gasteiger partial charge in [0, 0.05) is 6.42 Å². The third-order valence-corrected chi connectivity index (χ3v) is 3.40. The molecule has 3 heteroatoms. The standard InChI is InChI=1S/C12H16O3/c1-2-15-12(14)11-9-6-4-3-5-8(9)7-10(11)13/h3-4,8-9,11H,2,5-7H2,1H3/t8-,9-,11-/m0/s1. The molecule has 3 atom stereocenters. The molecule has 82 valence electrons. The van der Waals surface area contributed by atoms with Crippen LogP contribution in [0.2, 0.25) is 0 Å². The Balaban J connectivity index is 2.13. The van der Waals surface area contributed by atoms with Gasteiger partial charge in [-0.15, -0.1) is 0 Å². The number of carbonyl (C=O) groups is 2. The number of esters is 1. The molecular weight excluding hydrogens is 192 g/mol. The van der Waals surface area contributed by atoms with Gasteiger partial charge in [-0.2, -0.15) is 0 Å². The molecule has 0 bridgehead atoms. The highest BCUT2D eigenvalue weighted by atomic mass is 16.5. The van der Waals surface area contributed by atoms with Crippen LogP contribution in [0.1, 0.15) is 26.2 Å². The number of allylic oxidation sites excluding steroid dienone is 2. The van der Waals surface area contributed by atoms with Crippen LogP contribution < -0.4 is 0 Å². The average Bonchev–Trinajstić information content (AvgIpc) is 2.54. The summed E-state index contributed by atoms with van der Waals surface area (Å²) < 4.78 is 4.96. The molecule has 0 radical (unpaired) electrons. The number of rotatable bonds is 2. The summed E-state index contributed by atoms with van der Waals surface area (Å²) in [5, 5.41) is 0. The molecule has 0 unspecified atom stereocenters. The van der Waals surface area contributed by atoms with Crippen molar-refractivity contribution in [2.75, 3.05) is 6.61 Å². The van der Waals surface area contributed by atoms with Gasteiger partial charge in [-0.25, -0.2) is 0 Å². The van der Waals surface area contributed by atoms with Crippen molar-refractivity contribution in [2.24, 2.45) is 17.8 Å². The van der Waals surface area contributed by atoms with Gasteiger partial charge in [-0.05, 0) is 31.6 Å². The molecule has 0 aromatic carbocycles. The lowest BCUT2D eigenvalue weighted by Gasteiger charge is -2.23. The first kappa shape index (κ1) is 10.4. The van der Waals surface area contributed by atoms with Gasteiger partial charge in [0.2, 0.25) is 0 Å². The quantitative estimate of drug-likeness (QED) is 0.394. The average molecular weight is 208 g/mol. The second-order valence-corrected chi connectivity index (χ2v) is 4.27. The zero-order valence-corrected chi connectivity index (χ0v) is 8.94. The van der Waals surface area contributed by atoms with Crippen LogP contribution in [-0.4, -0.2) is 18.4 Å². The molecule has 2 rings (SSSR count). The predicted octanol–water partition coefficient (Wildman–Crippen LogP) is 1.72. The van der Waals surface area contributed by atoms with Gasteiger partial charge in [0.15, 0.2) is 0 Å². The molecule has 0 aromatic heterocycles. The third kappa shape index (κ3) is 1.83. The summed E-state index contributed by atoms with van der Waals surface area (Å²) in [4.78, 5) is 23.4. The highest BCUT2D eigenvalue weighted by molar-refractivity contribution is 6.01. The Morgan fingerprint density at radius 2 is 2.20 bits per heavy atom. The van der Waals surface area contributed by atoms with E-state index in [1.807, 2.05) is 0 Å². The van der Waals surface area contributed by atoms with E-state index in [1.165, 1.54) is 0 Å². The van der Waals surface area contributed by atoms with E-state index in [0.29, 0.717) is 18.9 Å². The van der Waals surface area contributed by atoms with E-state index in [1.54, 1.807) is 6.92 Å². The second-order valence-electron chi connectivity index (χ2n) is 4.27. The van der Waals surface area contributed by atoms with Crippen molar-refractivity contribution >= 4 is 11.8 Å². The van der Waals surface area contributed by atoms with Crippen LogP contribution in [0, 0.1) is 17.8 Å². The third-order valence-electron chi connectivity index (χ3n) is 3.40. The van der Waals surface area contributed by atoms with Gasteiger partial charge in [0.1, 0.15) is 11.7 Å². The van der Waals surface area contributed by atoms with E-state index < -0.39 is 5.92 Å². The van der Waals surface area contributed by atoms with Gasteiger partial charge >= 0.3 is 5.97 Å². The Labute approximate surface area is 89.5 Å². The van der Waals surface area contributed by atoms with Crippen molar-refractivity contribution in [3.63, 3.8) is 0 Å². The molecule has 0 aromatic rings. The van der Waals surface area contributed by atoms with Gasteiger partial charge < -0.3 is 4.74 Å². The molecule has 0 spiro atoms. The Morgan fingerprint density at radius 1 is 1.47 bits per heavy atom. The molecule has 0 heterocycles. The minimum atomic E-state index is -0.486. The van der Waals surface area contributed by atoms with Crippen molar-refractivity contribution in [1.29, 1.82) is 0 Å². The van der Waals surface area contributed by atoms with Crippen LogP contribution in [0.4, 0.5) is 0 Å². The molecule has 0 aliphatic heterocycles. The smallest absolute Gasteiger partial charge is 0.316 e. The largest absolute Gasteiger partial charge is 0.465 e. The van der Waals surface area contributed by atoms with E-state index in [-0.39, 0.29) is 17.7 Å². The molecule has 1 fully saturated rings. The summed E-state index contributed by atoms with van der Waals surface area (Å²) >= 11 is 0. The number of fused-ring (bicyclic) bond motifs is 1. The Bertz CT molecular complexity index is 306. The van der Waals surface area contributed by atoms with Gasteiger partial charge in [-0.1, -0.05) is 12.2 Å². The minimum Gasteiger partial charge on any atom is -0.465 e. The van der Waals surface area contributed by atoms with Crippen LogP contribution in [0.25, 0.3) is 0 Å². The first-order valence-electron chi connectivity index (χ1n) is 5.58. The van der Waals surface area contributed by atoms with Gasteiger partial charge in [0.25, 0.3) is 0 Å². The molecule has 15 heavy (non-hydrogen) atoms. The Kier molecular flexibility index (Phi) is 2.89. The molecule has 2 aliphatic carbocycles. The van der Waals surface area contributed by atoms with Gasteiger partial charge in [-0.3, -0.25) is 9.59 Å². The second kappa shape index (κ2) is 4.17. The van der Waals surface area contributed by atoms with Crippen LogP contribution in [0.15, 0.2) is 12.2 Å². The van der Waals surface area contributed by atoms with E-state index in [0.717, 1.165) is 12.8 Å². The summed E-state index contributed by atoms with van der Waals surface area (Å²) in [6, 6.07) is 0. The fourth-order valence-corrected chi connectivity index (χ4v) is 2.70. The topological polar surface area (TPSA) is 43.4 Å². The van der Waals surface area contributed by atoms with Crippen LogP contribution >= 0.6 is 0 Å². The molecule has 2 aliphatic rings. The van der Waals surface area contributed by atoms with E-state index in [4.69, 9.17) is 4.74 Å². The fourth-order valence-electron chi connectivity index (χ4n) is 2.70. The maximum Gasteiger partial charge on any atom is 0.316 e. The van der Waals surface area contributed by atoms with Crippen molar-refractivity contribution in [3.05, 3.63) is 12.2 Å². The fraction of sp³-hybridized carbons (Fsp3) is 0.667. The highest BCUT2D eigenvalue weighted by Gasteiger charge is 2.46. The van der Waals surface area contributed by atoms with Crippen molar-refractivity contribution in [3.8, 4) is 0 Å². The molecule has 1 saturated carbocycles. The van der Waals surface area contributed by atoms with E-state index in [9.17, 15) is 9.59 Å². The van der Waals surface area contributed by atoms with Crippen LogP contribution in [0.3, 0.4) is 0 Å². The maximum absolute atomic E-state index is 11.7. The Morgan fingerprint density at radius 3 is 2.93 bits per heavy atom. The molecular formula is C12H16O3. The zero-order valence-electron chi connectivity index (χ0n) is 8.94. The van der Waals surface area contributed by atoms with Crippen LogP contribution in [0.5, 0.6) is 0 Å². The van der Waals surface area contributed by atoms with Crippen LogP contribution in [-0.2, 0) is 14.3 Å². The van der Waals surface area contributed by atoms with Crippen molar-refractivity contribution in [2.45, 2.75) is 26.2 Å². The summed E-state index contributed by atoms with van der Waals surface area (Å²) in [5.41, 5.74) is 0. The number of hydrogen-bond donors (Lipinski definition) is 0. The van der Waals surface area contributed by atoms with E-state index in [2.05, 4.69) is 12.2 Å². The monoisotopic (exact) mass is 208 g/mol. The first-order chi connectivity index (χ1) is 7.24. The summed E-state index contributed by atoms with van der Waals surface area (Å²) in [6.45, 7) is 2.13. The molecule has 0 N–H and O–H groups in total. The predicted molar refractivity (Wildman–Crippen MR) is 55.1 cm³/mol. The summed E-state index contributed by atoms with van der Waals surface area (Å²) in [7, 11) is 0. The maximum atomic E-state index is 11.7. The lowest BCUT2D eigenvalue weighted by atomic mass is 9.81. The number of Topliss-reactive ketones (excluding diaryl/α,β-unsaturated/α-hetero) is 1. The number of ketones is 1. The SMILES string of the molecule is CCOC(=O)[C@@H]1C(=O)C[C@@H]2CC=CC[C@@H]21. The van der Waals surface area contributed by atoms with Gasteiger partial charge in [0.05, 0.1) is 6.61 Å². The molecule has 0 amide bonds. The number of carbonyl (C=O) groups excluding carboxylic acids is 2. The number of hydrogen-bond acceptors (Lipinski definition) is 3. The Hall–Kier alpha value is -1.12. The lowest BCUT2D eigenvalue weighted by molar-refractivity contribution is -0.152. The summed E-state index contributed by atoms with van der Waals surface area (Å²) in [5.74, 6) is -0.157. The highest BCUT2D eigenvalue weighted by Crippen LogP contribution is 2.42. The number of ether oxygens (including phenoxy) is 1. The molecule has 3 nitrogen and oxygen atoms in total. The van der Waals surface area contributed by atoms with Crippen molar-refractivity contribution in [1.82, 2.24) is 0 Å². The lowest BCUT2D eigenvalue weighted by Crippen LogP contribution is -2.28. The first-order valence-corrected chi connectivity index (χ1v) is 5.58. The molecule has 0 saturated heterocycles. The minimum absolute atomic E-state index is 0.0761. The van der Waals surface area contributed by atoms with Crippen molar-refractivity contribution < 1.29 is 14.3 Å². The summed E-state index contributed by atoms with van der Waals surface area (Å²) in [6.07, 6.45) is 6.53.